The SMILES string of the molecule is CCCCCCCCCC(O)(CCCCCCCCC)[C@H](O)[C@H]1OC(=O)C(O)=C1O. The van der Waals surface area contributed by atoms with E-state index in [2.05, 4.69) is 13.8 Å². The minimum Gasteiger partial charge on any atom is -0.505 e. The first-order valence-corrected chi connectivity index (χ1v) is 12.1. The summed E-state index contributed by atoms with van der Waals surface area (Å²) in [5.41, 5.74) is -1.46. The molecule has 1 aliphatic heterocycles. The highest BCUT2D eigenvalue weighted by Crippen LogP contribution is 2.33. The number of hydrogen-bond acceptors (Lipinski definition) is 6. The van der Waals surface area contributed by atoms with Gasteiger partial charge in [-0.25, -0.2) is 4.79 Å². The van der Waals surface area contributed by atoms with E-state index in [1.54, 1.807) is 0 Å². The molecule has 1 heterocycles. The molecule has 0 saturated carbocycles. The Morgan fingerprint density at radius 1 is 0.800 bits per heavy atom. The largest absolute Gasteiger partial charge is 0.505 e. The van der Waals surface area contributed by atoms with Gasteiger partial charge in [0.15, 0.2) is 11.9 Å². The molecule has 0 aliphatic carbocycles. The van der Waals surface area contributed by atoms with Gasteiger partial charge in [-0.1, -0.05) is 104 Å². The summed E-state index contributed by atoms with van der Waals surface area (Å²) in [7, 11) is 0. The van der Waals surface area contributed by atoms with Crippen LogP contribution < -0.4 is 0 Å². The van der Waals surface area contributed by atoms with E-state index in [-0.39, 0.29) is 0 Å². The lowest BCUT2D eigenvalue weighted by atomic mass is 9.82. The Morgan fingerprint density at radius 2 is 1.20 bits per heavy atom. The van der Waals surface area contributed by atoms with Gasteiger partial charge in [-0.3, -0.25) is 0 Å². The lowest BCUT2D eigenvalue weighted by Crippen LogP contribution is -2.50. The molecule has 0 unspecified atom stereocenters. The first-order chi connectivity index (χ1) is 14.4. The second-order valence-electron chi connectivity index (χ2n) is 8.85. The molecule has 4 N–H and O–H groups in total. The summed E-state index contributed by atoms with van der Waals surface area (Å²) < 4.78 is 4.91. The van der Waals surface area contributed by atoms with Crippen molar-refractivity contribution in [2.24, 2.45) is 0 Å². The summed E-state index contributed by atoms with van der Waals surface area (Å²) in [4.78, 5) is 11.5. The van der Waals surface area contributed by atoms with Crippen LogP contribution in [0.25, 0.3) is 0 Å². The van der Waals surface area contributed by atoms with Gasteiger partial charge in [0, 0.05) is 0 Å². The third kappa shape index (κ3) is 8.84. The Bertz CT molecular complexity index is 498. The number of hydrogen-bond donors (Lipinski definition) is 4. The van der Waals surface area contributed by atoms with Gasteiger partial charge in [0.1, 0.15) is 6.10 Å². The Labute approximate surface area is 182 Å². The zero-order chi connectivity index (χ0) is 22.4. The molecule has 30 heavy (non-hydrogen) atoms. The lowest BCUT2D eigenvalue weighted by Gasteiger charge is -2.35. The second kappa shape index (κ2) is 14.7. The molecule has 0 amide bonds. The first kappa shape index (κ1) is 26.8. The molecule has 0 aromatic rings. The molecule has 0 aromatic heterocycles. The summed E-state index contributed by atoms with van der Waals surface area (Å²) >= 11 is 0. The Kier molecular flexibility index (Phi) is 13.1. The molecule has 6 nitrogen and oxygen atoms in total. The van der Waals surface area contributed by atoms with Crippen LogP contribution in [-0.4, -0.2) is 44.2 Å². The lowest BCUT2D eigenvalue weighted by molar-refractivity contribution is -0.163. The molecule has 1 aliphatic rings. The number of carbonyl (C=O) groups excluding carboxylic acids is 1. The average Bonchev–Trinajstić information content (AvgIpc) is 2.99. The molecule has 0 radical (unpaired) electrons. The standard InChI is InChI=1S/C24H44O6/c1-3-5-7-9-11-13-15-17-24(29,18-16-14-12-10-8-6-4-2)22(27)21-19(25)20(26)23(28)30-21/h21-22,25-27,29H,3-18H2,1-2H3/t21-,22+/m0/s1. The van der Waals surface area contributed by atoms with Crippen molar-refractivity contribution in [2.45, 2.75) is 134 Å². The molecule has 0 fully saturated rings. The van der Waals surface area contributed by atoms with Gasteiger partial charge >= 0.3 is 5.97 Å². The fourth-order valence-corrected chi connectivity index (χ4v) is 4.16. The summed E-state index contributed by atoms with van der Waals surface area (Å²) in [5.74, 6) is -2.64. The number of rotatable bonds is 18. The highest BCUT2D eigenvalue weighted by atomic mass is 16.6. The van der Waals surface area contributed by atoms with Gasteiger partial charge in [0.25, 0.3) is 0 Å². The van der Waals surface area contributed by atoms with E-state index in [0.717, 1.165) is 38.5 Å². The monoisotopic (exact) mass is 428 g/mol. The third-order valence-corrected chi connectivity index (χ3v) is 6.20. The first-order valence-electron chi connectivity index (χ1n) is 12.1. The molecule has 0 spiro atoms. The van der Waals surface area contributed by atoms with Crippen molar-refractivity contribution in [2.75, 3.05) is 0 Å². The van der Waals surface area contributed by atoms with Crippen molar-refractivity contribution < 1.29 is 30.0 Å². The van der Waals surface area contributed by atoms with E-state index in [4.69, 9.17) is 4.74 Å². The summed E-state index contributed by atoms with van der Waals surface area (Å²) in [6.07, 6.45) is 13.2. The minimum atomic E-state index is -1.47. The van der Waals surface area contributed by atoms with Gasteiger partial charge in [0.05, 0.1) is 5.60 Å². The summed E-state index contributed by atoms with van der Waals surface area (Å²) in [6.45, 7) is 4.37. The fourth-order valence-electron chi connectivity index (χ4n) is 4.16. The molecule has 0 aromatic carbocycles. The second-order valence-corrected chi connectivity index (χ2v) is 8.85. The van der Waals surface area contributed by atoms with E-state index in [1.165, 1.54) is 51.4 Å². The van der Waals surface area contributed by atoms with Crippen LogP contribution in [0.5, 0.6) is 0 Å². The summed E-state index contributed by atoms with van der Waals surface area (Å²) in [5, 5.41) is 41.5. The van der Waals surface area contributed by atoms with E-state index in [9.17, 15) is 25.2 Å². The zero-order valence-electron chi connectivity index (χ0n) is 19.1. The minimum absolute atomic E-state index is 0.375. The van der Waals surface area contributed by atoms with Gasteiger partial charge in [-0.05, 0) is 12.8 Å². The van der Waals surface area contributed by atoms with Crippen molar-refractivity contribution >= 4 is 5.97 Å². The molecule has 2 atom stereocenters. The number of carbonyl (C=O) groups is 1. The third-order valence-electron chi connectivity index (χ3n) is 6.20. The number of ether oxygens (including phenoxy) is 1. The van der Waals surface area contributed by atoms with Crippen molar-refractivity contribution in [3.8, 4) is 0 Å². The van der Waals surface area contributed by atoms with Crippen LogP contribution in [0.3, 0.4) is 0 Å². The van der Waals surface area contributed by atoms with Crippen molar-refractivity contribution in [3.63, 3.8) is 0 Å². The van der Waals surface area contributed by atoms with Crippen LogP contribution in [0.4, 0.5) is 0 Å². The molecule has 6 heteroatoms. The van der Waals surface area contributed by atoms with Crippen molar-refractivity contribution in [1.29, 1.82) is 0 Å². The van der Waals surface area contributed by atoms with Crippen LogP contribution in [0.15, 0.2) is 11.5 Å². The fraction of sp³-hybridized carbons (Fsp3) is 0.875. The van der Waals surface area contributed by atoms with Crippen LogP contribution >= 0.6 is 0 Å². The van der Waals surface area contributed by atoms with Crippen LogP contribution in [0.2, 0.25) is 0 Å². The van der Waals surface area contributed by atoms with E-state index in [1.807, 2.05) is 0 Å². The highest BCUT2D eigenvalue weighted by Gasteiger charge is 2.48. The zero-order valence-corrected chi connectivity index (χ0v) is 19.1. The molecule has 0 bridgehead atoms. The topological polar surface area (TPSA) is 107 Å². The summed E-state index contributed by atoms with van der Waals surface area (Å²) in [6, 6.07) is 0. The van der Waals surface area contributed by atoms with E-state index in [0.29, 0.717) is 12.8 Å². The smallest absolute Gasteiger partial charge is 0.377 e. The number of aliphatic hydroxyl groups is 4. The van der Waals surface area contributed by atoms with Crippen LogP contribution in [-0.2, 0) is 9.53 Å². The predicted octanol–water partition coefficient (Wildman–Crippen LogP) is 5.61. The molecular formula is C24H44O6. The number of cyclic esters (lactones) is 1. The Morgan fingerprint density at radius 3 is 1.57 bits per heavy atom. The highest BCUT2D eigenvalue weighted by molar-refractivity contribution is 5.89. The van der Waals surface area contributed by atoms with Gasteiger partial charge < -0.3 is 25.2 Å². The maximum atomic E-state index is 11.5. The van der Waals surface area contributed by atoms with E-state index >= 15 is 0 Å². The van der Waals surface area contributed by atoms with E-state index < -0.39 is 35.3 Å². The normalized spacial score (nSPS) is 18.1. The maximum absolute atomic E-state index is 11.5. The number of aliphatic hydroxyl groups excluding tert-OH is 3. The van der Waals surface area contributed by atoms with Crippen molar-refractivity contribution in [3.05, 3.63) is 11.5 Å². The van der Waals surface area contributed by atoms with Gasteiger partial charge in [-0.2, -0.15) is 0 Å². The predicted molar refractivity (Wildman–Crippen MR) is 118 cm³/mol. The quantitative estimate of drug-likeness (QED) is 0.167. The number of esters is 1. The number of unbranched alkanes of at least 4 members (excludes halogenated alkanes) is 12. The van der Waals surface area contributed by atoms with Crippen molar-refractivity contribution in [1.82, 2.24) is 0 Å². The van der Waals surface area contributed by atoms with Crippen LogP contribution in [0.1, 0.15) is 117 Å². The molecule has 0 saturated heterocycles. The maximum Gasteiger partial charge on any atom is 0.377 e. The molecular weight excluding hydrogens is 384 g/mol. The van der Waals surface area contributed by atoms with Crippen LogP contribution in [0, 0.1) is 0 Å². The van der Waals surface area contributed by atoms with Gasteiger partial charge in [-0.15, -0.1) is 0 Å². The average molecular weight is 429 g/mol. The molecule has 1 rings (SSSR count). The molecule has 176 valence electrons. The Hall–Kier alpha value is -1.27. The Balaban J connectivity index is 2.58. The van der Waals surface area contributed by atoms with Gasteiger partial charge in [0.2, 0.25) is 5.76 Å².